The number of hydrogen-bond acceptors (Lipinski definition) is 5. The number of benzene rings is 1. The zero-order valence-electron chi connectivity index (χ0n) is 15.3. The van der Waals surface area contributed by atoms with Crippen LogP contribution < -0.4 is 10.9 Å². The van der Waals surface area contributed by atoms with Crippen LogP contribution in [0.15, 0.2) is 53.6 Å². The Hall–Kier alpha value is -3.31. The van der Waals surface area contributed by atoms with Crippen molar-refractivity contribution in [2.75, 3.05) is 0 Å². The van der Waals surface area contributed by atoms with Crippen molar-refractivity contribution in [2.45, 2.75) is 18.8 Å². The van der Waals surface area contributed by atoms with Crippen LogP contribution in [-0.2, 0) is 0 Å². The lowest BCUT2D eigenvalue weighted by Crippen LogP contribution is -2.48. The fourth-order valence-corrected chi connectivity index (χ4v) is 2.72. The van der Waals surface area contributed by atoms with E-state index in [4.69, 9.17) is 16.7 Å². The van der Waals surface area contributed by atoms with Gasteiger partial charge in [-0.25, -0.2) is 17.6 Å². The fourth-order valence-electron chi connectivity index (χ4n) is 2.59. The van der Waals surface area contributed by atoms with Crippen LogP contribution in [0.3, 0.4) is 0 Å². The monoisotopic (exact) mass is 456 g/mol. The van der Waals surface area contributed by atoms with Gasteiger partial charge in [0.15, 0.2) is 0 Å². The molecule has 3 rings (SSSR count). The van der Waals surface area contributed by atoms with Crippen molar-refractivity contribution < 1.29 is 27.5 Å². The molecule has 0 aliphatic rings. The summed E-state index contributed by atoms with van der Waals surface area (Å²) in [7, 11) is 0. The normalized spacial score (nSPS) is 13.1. The molecule has 0 aliphatic carbocycles. The number of hydrogen-bond donors (Lipinski definition) is 2. The molecule has 162 valence electrons. The minimum absolute atomic E-state index is 0.0278. The van der Waals surface area contributed by atoms with Gasteiger partial charge in [0, 0.05) is 16.7 Å². The summed E-state index contributed by atoms with van der Waals surface area (Å²) in [5, 5.41) is 14.9. The van der Waals surface area contributed by atoms with Crippen molar-refractivity contribution in [1.82, 2.24) is 20.1 Å². The second-order valence-electron chi connectivity index (χ2n) is 6.23. The Morgan fingerprint density at radius 1 is 1.13 bits per heavy atom. The van der Waals surface area contributed by atoms with E-state index in [1.54, 1.807) is 5.32 Å². The molecular weight excluding hydrogens is 444 g/mol. The van der Waals surface area contributed by atoms with Crippen LogP contribution in [0.5, 0.6) is 0 Å². The Bertz CT molecular complexity index is 1150. The maximum absolute atomic E-state index is 13.6. The first-order valence-electron chi connectivity index (χ1n) is 8.60. The maximum Gasteiger partial charge on any atom is 0.284 e. The number of alkyl halides is 3. The largest absolute Gasteiger partial charge is 0.362 e. The van der Waals surface area contributed by atoms with Crippen LogP contribution in [0.1, 0.15) is 10.4 Å². The van der Waals surface area contributed by atoms with Crippen molar-refractivity contribution in [1.29, 1.82) is 0 Å². The average molecular weight is 457 g/mol. The van der Waals surface area contributed by atoms with Crippen molar-refractivity contribution in [3.63, 3.8) is 0 Å². The zero-order valence-corrected chi connectivity index (χ0v) is 16.1. The number of nitrogens with one attached hydrogen (secondary N) is 1. The molecule has 0 bridgehead atoms. The number of rotatable bonds is 6. The van der Waals surface area contributed by atoms with E-state index in [9.17, 15) is 27.2 Å². The third-order valence-electron chi connectivity index (χ3n) is 4.10. The second kappa shape index (κ2) is 9.23. The molecule has 3 aromatic rings. The van der Waals surface area contributed by atoms with E-state index in [-0.39, 0.29) is 11.4 Å². The maximum atomic E-state index is 13.6. The molecule has 2 atom stereocenters. The lowest BCUT2D eigenvalue weighted by atomic mass is 10.1. The third kappa shape index (κ3) is 5.06. The molecule has 2 aromatic heterocycles. The summed E-state index contributed by atoms with van der Waals surface area (Å²) in [5.41, 5.74) is -1.54. The van der Waals surface area contributed by atoms with Gasteiger partial charge < -0.3 is 10.4 Å². The predicted molar refractivity (Wildman–Crippen MR) is 102 cm³/mol. The average Bonchev–Trinajstić information content (AvgIpc) is 2.72. The number of aliphatic hydroxyl groups is 1. The molecule has 1 aromatic carbocycles. The Morgan fingerprint density at radius 3 is 2.39 bits per heavy atom. The minimum atomic E-state index is -3.45. The first-order valence-corrected chi connectivity index (χ1v) is 8.97. The summed E-state index contributed by atoms with van der Waals surface area (Å²) in [6, 6.07) is 5.38. The Kier molecular flexibility index (Phi) is 6.66. The predicted octanol–water partition coefficient (Wildman–Crippen LogP) is 2.74. The number of carbonyl (C=O) groups excluding carboxylic acids is 1. The van der Waals surface area contributed by atoms with Gasteiger partial charge >= 0.3 is 0 Å². The summed E-state index contributed by atoms with van der Waals surface area (Å²) in [4.78, 5) is 28.9. The molecule has 0 saturated heterocycles. The molecule has 0 fully saturated rings. The van der Waals surface area contributed by atoms with Crippen LogP contribution in [0.25, 0.3) is 16.9 Å². The highest BCUT2D eigenvalue weighted by Gasteiger charge is 2.31. The summed E-state index contributed by atoms with van der Waals surface area (Å²) in [6.07, 6.45) is -4.55. The van der Waals surface area contributed by atoms with E-state index in [1.165, 1.54) is 24.3 Å². The quantitative estimate of drug-likeness (QED) is 0.556. The van der Waals surface area contributed by atoms with Gasteiger partial charge in [-0.2, -0.15) is 9.78 Å². The van der Waals surface area contributed by atoms with E-state index < -0.39 is 41.7 Å². The number of pyridine rings is 1. The van der Waals surface area contributed by atoms with Crippen LogP contribution in [0.4, 0.5) is 17.6 Å². The Morgan fingerprint density at radius 2 is 1.81 bits per heavy atom. The first kappa shape index (κ1) is 22.4. The van der Waals surface area contributed by atoms with Gasteiger partial charge in [0.25, 0.3) is 17.9 Å². The van der Waals surface area contributed by atoms with Crippen LogP contribution in [0.2, 0.25) is 5.02 Å². The molecule has 1 amide bonds. The molecule has 31 heavy (non-hydrogen) atoms. The van der Waals surface area contributed by atoms with Crippen molar-refractivity contribution in [3.05, 3.63) is 75.5 Å². The zero-order chi connectivity index (χ0) is 22.7. The van der Waals surface area contributed by atoms with Crippen LogP contribution in [0, 0.1) is 5.82 Å². The highest BCUT2D eigenvalue weighted by atomic mass is 35.5. The lowest BCUT2D eigenvalue weighted by molar-refractivity contribution is -0.0481. The van der Waals surface area contributed by atoms with Gasteiger partial charge in [-0.1, -0.05) is 23.7 Å². The van der Waals surface area contributed by atoms with E-state index in [2.05, 4.69) is 10.1 Å². The van der Waals surface area contributed by atoms with E-state index in [0.29, 0.717) is 15.3 Å². The van der Waals surface area contributed by atoms with Crippen molar-refractivity contribution in [3.8, 4) is 16.9 Å². The van der Waals surface area contributed by atoms with E-state index in [0.717, 1.165) is 24.5 Å². The smallest absolute Gasteiger partial charge is 0.284 e. The molecule has 2 heterocycles. The molecule has 0 aliphatic heterocycles. The minimum Gasteiger partial charge on any atom is -0.362 e. The summed E-state index contributed by atoms with van der Waals surface area (Å²) >= 11 is 5.85. The topological polar surface area (TPSA) is 97.1 Å². The molecule has 7 nitrogen and oxygen atoms in total. The number of carbonyl (C=O) groups is 1. The third-order valence-corrected chi connectivity index (χ3v) is 4.35. The number of aromatic nitrogens is 3. The van der Waals surface area contributed by atoms with Crippen molar-refractivity contribution in [2.24, 2.45) is 0 Å². The fraction of sp³-hybridized carbons (Fsp3) is 0.158. The van der Waals surface area contributed by atoms with Crippen LogP contribution in [-0.4, -0.2) is 44.6 Å². The van der Waals surface area contributed by atoms with Crippen LogP contribution >= 0.6 is 11.6 Å². The molecule has 0 radical (unpaired) electrons. The van der Waals surface area contributed by atoms with Gasteiger partial charge in [0.2, 0.25) is 6.36 Å². The Labute approximate surface area is 176 Å². The molecule has 2 N–H and O–H groups in total. The molecule has 1 unspecified atom stereocenters. The first-order chi connectivity index (χ1) is 14.7. The Balaban J connectivity index is 2.16. The highest BCUT2D eigenvalue weighted by Crippen LogP contribution is 2.20. The SMILES string of the molecule is O=C(N[C@H](C(O)F)C(F)F)c1cc(-c2ccc(Cl)cc2)nn(-c2cncc(F)c2)c1=O. The lowest BCUT2D eigenvalue weighted by Gasteiger charge is -2.18. The number of halogens is 5. The highest BCUT2D eigenvalue weighted by molar-refractivity contribution is 6.30. The molecular formula is C19H13ClF4N4O3. The van der Waals surface area contributed by atoms with E-state index in [1.807, 2.05) is 0 Å². The molecule has 0 spiro atoms. The van der Waals surface area contributed by atoms with Gasteiger partial charge in [0.1, 0.15) is 17.4 Å². The number of aliphatic hydroxyl groups excluding tert-OH is 1. The summed E-state index contributed by atoms with van der Waals surface area (Å²) < 4.78 is 53.2. The van der Waals surface area contributed by atoms with Crippen molar-refractivity contribution >= 4 is 17.5 Å². The summed E-state index contributed by atoms with van der Waals surface area (Å²) in [6.45, 7) is 0. The van der Waals surface area contributed by atoms with E-state index >= 15 is 0 Å². The number of nitrogens with zero attached hydrogens (tertiary/aromatic N) is 3. The molecule has 12 heteroatoms. The summed E-state index contributed by atoms with van der Waals surface area (Å²) in [5.74, 6) is -2.19. The number of amides is 1. The van der Waals surface area contributed by atoms with Gasteiger partial charge in [-0.05, 0) is 18.2 Å². The standard InChI is InChI=1S/C19H13ClF4N4O3/c20-10-3-1-9(2-4-10)14-6-13(18(30)26-15(16(22)23)17(24)29)19(31)28(27-14)12-5-11(21)7-25-8-12/h1-8,15-17,29H,(H,26,30)/t15-,17?/m0/s1. The second-order valence-corrected chi connectivity index (χ2v) is 6.67. The van der Waals surface area contributed by atoms with Gasteiger partial charge in [0.05, 0.1) is 23.8 Å². The van der Waals surface area contributed by atoms with Gasteiger partial charge in [-0.3, -0.25) is 14.6 Å². The molecule has 0 saturated carbocycles. The van der Waals surface area contributed by atoms with Gasteiger partial charge in [-0.15, -0.1) is 0 Å².